The van der Waals surface area contributed by atoms with Gasteiger partial charge in [-0.25, -0.2) is 0 Å². The van der Waals surface area contributed by atoms with Gasteiger partial charge in [0.05, 0.1) is 0 Å². The zero-order chi connectivity index (χ0) is 6.27. The average Bonchev–Trinajstić information content (AvgIpc) is 2.45. The van der Waals surface area contributed by atoms with Gasteiger partial charge >= 0.3 is 0 Å². The van der Waals surface area contributed by atoms with E-state index >= 15 is 0 Å². The zero-order valence-electron chi connectivity index (χ0n) is 5.42. The second-order valence-corrected chi connectivity index (χ2v) is 3.11. The maximum absolute atomic E-state index is 10.4. The molecule has 0 radical (unpaired) electrons. The van der Waals surface area contributed by atoms with Crippen LogP contribution in [-0.4, -0.2) is 30.8 Å². The van der Waals surface area contributed by atoms with Gasteiger partial charge < -0.3 is 9.69 Å². The molecule has 0 amide bonds. The van der Waals surface area contributed by atoms with Crippen LogP contribution in [0.25, 0.3) is 0 Å². The summed E-state index contributed by atoms with van der Waals surface area (Å²) in [4.78, 5) is 12.7. The monoisotopic (exact) mass is 125 g/mol. The number of carbonyl (C=O) groups is 1. The van der Waals surface area contributed by atoms with Crippen molar-refractivity contribution in [2.24, 2.45) is 11.8 Å². The van der Waals surface area contributed by atoms with Gasteiger partial charge in [0.15, 0.2) is 0 Å². The minimum absolute atomic E-state index is 0.374. The first-order valence-corrected chi connectivity index (χ1v) is 3.58. The van der Waals surface area contributed by atoms with Crippen LogP contribution in [0.2, 0.25) is 0 Å². The molecule has 0 aromatic heterocycles. The van der Waals surface area contributed by atoms with Crippen molar-refractivity contribution in [3.63, 3.8) is 0 Å². The molecule has 2 heteroatoms. The van der Waals surface area contributed by atoms with Crippen LogP contribution in [0.3, 0.4) is 0 Å². The second kappa shape index (κ2) is 1.81. The molecule has 9 heavy (non-hydrogen) atoms. The molecule has 2 fully saturated rings. The minimum atomic E-state index is 0.374. The van der Waals surface area contributed by atoms with Gasteiger partial charge in [0.2, 0.25) is 0 Å². The molecule has 0 saturated carbocycles. The number of hydrogen-bond donors (Lipinski definition) is 0. The van der Waals surface area contributed by atoms with Crippen molar-refractivity contribution in [2.45, 2.75) is 6.42 Å². The first-order valence-electron chi connectivity index (χ1n) is 3.58. The summed E-state index contributed by atoms with van der Waals surface area (Å²) in [6.07, 6.45) is 2.38. The van der Waals surface area contributed by atoms with E-state index in [2.05, 4.69) is 4.90 Å². The molecule has 2 aliphatic rings. The summed E-state index contributed by atoms with van der Waals surface area (Å²) >= 11 is 0. The van der Waals surface area contributed by atoms with Crippen LogP contribution in [0.15, 0.2) is 0 Å². The lowest BCUT2D eigenvalue weighted by Crippen LogP contribution is -2.23. The van der Waals surface area contributed by atoms with Gasteiger partial charge in [-0.1, -0.05) is 0 Å². The normalized spacial score (nSPS) is 47.8. The number of hydrogen-bond acceptors (Lipinski definition) is 2. The maximum Gasteiger partial charge on any atom is 0.124 e. The van der Waals surface area contributed by atoms with Crippen LogP contribution in [0, 0.1) is 11.8 Å². The Kier molecular flexibility index (Phi) is 1.09. The van der Waals surface area contributed by atoms with E-state index in [9.17, 15) is 4.79 Å². The first-order chi connectivity index (χ1) is 4.40. The number of fused-ring (bicyclic) bond motifs is 2. The number of rotatable bonds is 1. The Hall–Kier alpha value is -0.370. The highest BCUT2D eigenvalue weighted by Gasteiger charge is 2.37. The van der Waals surface area contributed by atoms with E-state index in [1.54, 1.807) is 0 Å². The lowest BCUT2D eigenvalue weighted by Gasteiger charge is -2.15. The third kappa shape index (κ3) is 0.697. The molecule has 0 N–H and O–H groups in total. The molecule has 0 aliphatic carbocycles. The Bertz CT molecular complexity index is 135. The largest absolute Gasteiger partial charge is 0.303 e. The molecule has 0 spiro atoms. The molecular weight excluding hydrogens is 114 g/mol. The summed E-state index contributed by atoms with van der Waals surface area (Å²) in [5, 5.41) is 0. The van der Waals surface area contributed by atoms with Gasteiger partial charge in [-0.2, -0.15) is 0 Å². The van der Waals surface area contributed by atoms with Gasteiger partial charge in [0, 0.05) is 19.0 Å². The van der Waals surface area contributed by atoms with E-state index in [1.165, 1.54) is 19.5 Å². The van der Waals surface area contributed by atoms with Gasteiger partial charge in [-0.3, -0.25) is 0 Å². The molecule has 0 aromatic rings. The predicted molar refractivity (Wildman–Crippen MR) is 34.1 cm³/mol. The molecule has 2 nitrogen and oxygen atoms in total. The first kappa shape index (κ1) is 5.42. The molecule has 0 aromatic carbocycles. The quantitative estimate of drug-likeness (QED) is 0.464. The molecule has 2 saturated heterocycles. The van der Waals surface area contributed by atoms with E-state index in [4.69, 9.17) is 0 Å². The fourth-order valence-corrected chi connectivity index (χ4v) is 1.98. The fourth-order valence-electron chi connectivity index (χ4n) is 1.98. The fraction of sp³-hybridized carbons (Fsp3) is 0.857. The smallest absolute Gasteiger partial charge is 0.124 e. The Morgan fingerprint density at radius 3 is 2.67 bits per heavy atom. The van der Waals surface area contributed by atoms with Crippen LogP contribution in [-0.2, 0) is 4.79 Å². The van der Waals surface area contributed by atoms with E-state index in [0.29, 0.717) is 11.8 Å². The Labute approximate surface area is 54.8 Å². The summed E-state index contributed by atoms with van der Waals surface area (Å²) in [6, 6.07) is 0. The van der Waals surface area contributed by atoms with E-state index < -0.39 is 0 Å². The van der Waals surface area contributed by atoms with E-state index in [-0.39, 0.29) is 0 Å². The molecule has 2 heterocycles. The second-order valence-electron chi connectivity index (χ2n) is 3.11. The lowest BCUT2D eigenvalue weighted by atomic mass is 9.94. The van der Waals surface area contributed by atoms with Gasteiger partial charge in [-0.05, 0) is 18.9 Å². The molecule has 50 valence electrons. The molecule has 2 rings (SSSR count). The van der Waals surface area contributed by atoms with Crippen LogP contribution in [0.4, 0.5) is 0 Å². The van der Waals surface area contributed by atoms with E-state index in [1.807, 2.05) is 0 Å². The SMILES string of the molecule is O=CC1CN2CCC1C2. The molecular formula is C7H11NO. The molecule has 3 unspecified atom stereocenters. The lowest BCUT2D eigenvalue weighted by molar-refractivity contribution is -0.112. The van der Waals surface area contributed by atoms with Crippen molar-refractivity contribution in [3.05, 3.63) is 0 Å². The predicted octanol–water partition coefficient (Wildman–Crippen LogP) is 0.137. The summed E-state index contributed by atoms with van der Waals surface area (Å²) in [5.41, 5.74) is 0. The molecule has 3 atom stereocenters. The van der Waals surface area contributed by atoms with Crippen molar-refractivity contribution in [3.8, 4) is 0 Å². The Balaban J connectivity index is 2.09. The highest BCUT2D eigenvalue weighted by molar-refractivity contribution is 5.55. The Morgan fingerprint density at radius 2 is 2.33 bits per heavy atom. The highest BCUT2D eigenvalue weighted by atomic mass is 16.1. The number of carbonyl (C=O) groups excluding carboxylic acids is 1. The zero-order valence-corrected chi connectivity index (χ0v) is 5.42. The summed E-state index contributed by atoms with van der Waals surface area (Å²) < 4.78 is 0. The highest BCUT2D eigenvalue weighted by Crippen LogP contribution is 2.31. The maximum atomic E-state index is 10.4. The number of piperidine rings is 1. The third-order valence-electron chi connectivity index (χ3n) is 2.56. The van der Waals surface area contributed by atoms with Crippen molar-refractivity contribution in [1.29, 1.82) is 0 Å². The molecule has 2 aliphatic heterocycles. The van der Waals surface area contributed by atoms with Crippen LogP contribution in [0.5, 0.6) is 0 Å². The van der Waals surface area contributed by atoms with Gasteiger partial charge in [0.25, 0.3) is 0 Å². The topological polar surface area (TPSA) is 20.3 Å². The third-order valence-corrected chi connectivity index (χ3v) is 2.56. The van der Waals surface area contributed by atoms with Crippen molar-refractivity contribution in [2.75, 3.05) is 19.6 Å². The van der Waals surface area contributed by atoms with Gasteiger partial charge in [-0.15, -0.1) is 0 Å². The average molecular weight is 125 g/mol. The minimum Gasteiger partial charge on any atom is -0.303 e. The van der Waals surface area contributed by atoms with Crippen molar-refractivity contribution in [1.82, 2.24) is 4.90 Å². The summed E-state index contributed by atoms with van der Waals surface area (Å²) in [6.45, 7) is 3.45. The number of aldehydes is 1. The van der Waals surface area contributed by atoms with Crippen LogP contribution in [0.1, 0.15) is 6.42 Å². The summed E-state index contributed by atoms with van der Waals surface area (Å²) in [7, 11) is 0. The summed E-state index contributed by atoms with van der Waals surface area (Å²) in [5.74, 6) is 1.08. The Morgan fingerprint density at radius 1 is 1.44 bits per heavy atom. The van der Waals surface area contributed by atoms with E-state index in [0.717, 1.165) is 12.8 Å². The van der Waals surface area contributed by atoms with Crippen LogP contribution >= 0.6 is 0 Å². The standard InChI is InChI=1S/C7H11NO/c9-5-7-4-8-2-1-6(7)3-8/h5-7H,1-4H2. The van der Waals surface area contributed by atoms with Crippen molar-refractivity contribution < 1.29 is 4.79 Å². The van der Waals surface area contributed by atoms with Gasteiger partial charge in [0.1, 0.15) is 6.29 Å². The number of nitrogens with zero attached hydrogens (tertiary/aromatic N) is 1. The molecule has 2 bridgehead atoms. The van der Waals surface area contributed by atoms with Crippen molar-refractivity contribution >= 4 is 6.29 Å². The van der Waals surface area contributed by atoms with Crippen LogP contribution < -0.4 is 0 Å².